The molecule has 0 aliphatic carbocycles. The van der Waals surface area contributed by atoms with Crippen molar-refractivity contribution >= 4 is 23.6 Å². The van der Waals surface area contributed by atoms with Gasteiger partial charge in [-0.1, -0.05) is 24.3 Å². The molecule has 6 rings (SSSR count). The fraction of sp³-hybridized carbons (Fsp3) is 0.733. The minimum atomic E-state index is -0.333. The Labute approximate surface area is 262 Å². The number of imide groups is 2. The molecule has 6 heterocycles. The van der Waals surface area contributed by atoms with Crippen molar-refractivity contribution in [1.82, 2.24) is 10.2 Å². The topological polar surface area (TPSA) is 178 Å². The van der Waals surface area contributed by atoms with Crippen LogP contribution in [0, 0.1) is 23.7 Å². The second-order valence-electron chi connectivity index (χ2n) is 10.8. The summed E-state index contributed by atoms with van der Waals surface area (Å²) in [4.78, 5) is 48.4. The predicted molar refractivity (Wildman–Crippen MR) is 154 cm³/mol. The van der Waals surface area contributed by atoms with Crippen molar-refractivity contribution in [2.75, 3.05) is 93.4 Å². The van der Waals surface area contributed by atoms with E-state index in [9.17, 15) is 19.2 Å². The van der Waals surface area contributed by atoms with E-state index in [-0.39, 0.29) is 78.3 Å². The molecular weight excluding hydrogens is 596 g/mol. The lowest BCUT2D eigenvalue weighted by atomic mass is 9.85. The van der Waals surface area contributed by atoms with Crippen LogP contribution in [-0.4, -0.2) is 151 Å². The molecule has 4 amide bonds. The molecule has 0 aromatic heterocycles. The molecule has 45 heavy (non-hydrogen) atoms. The molecule has 4 bridgehead atoms. The molecule has 0 radical (unpaired) electrons. The van der Waals surface area contributed by atoms with Gasteiger partial charge in [0.25, 0.3) is 0 Å². The number of aliphatic hydroxyl groups excluding tert-OH is 1. The first-order chi connectivity index (χ1) is 21.9. The Balaban J connectivity index is 0.000000169. The Kier molecular flexibility index (Phi) is 14.0. The zero-order valence-corrected chi connectivity index (χ0v) is 25.7. The van der Waals surface area contributed by atoms with Crippen LogP contribution in [0.3, 0.4) is 0 Å². The van der Waals surface area contributed by atoms with Gasteiger partial charge in [0, 0.05) is 14.2 Å². The van der Waals surface area contributed by atoms with Crippen LogP contribution in [0.4, 0.5) is 0 Å². The van der Waals surface area contributed by atoms with E-state index in [1.807, 2.05) is 24.3 Å². The van der Waals surface area contributed by atoms with Crippen molar-refractivity contribution in [1.29, 1.82) is 0 Å². The van der Waals surface area contributed by atoms with Gasteiger partial charge < -0.3 is 43.0 Å². The third-order valence-corrected chi connectivity index (χ3v) is 8.06. The van der Waals surface area contributed by atoms with Gasteiger partial charge in [-0.05, 0) is 0 Å². The standard InChI is InChI=1S/C15H21NO6.C8H7NO3.C7H16O4/c1-19-6-7-21-9-8-20-5-4-16-14(17)12-10-2-3-11(22-10)13(12)15(16)18;10-7-5-3-1-2-4(12-3)6(5)8(11)9-7;1-9-4-5-11-7-6-10-3-2-8/h2-3,10-13H,4-9H2,1H3;1-6H,(H,9,10,11);8H,2-7H2,1H3. The largest absolute Gasteiger partial charge is 0.394 e. The fourth-order valence-electron chi connectivity index (χ4n) is 5.96. The van der Waals surface area contributed by atoms with Gasteiger partial charge in [-0.15, -0.1) is 0 Å². The van der Waals surface area contributed by atoms with Crippen molar-refractivity contribution in [3.8, 4) is 0 Å². The molecule has 6 aliphatic heterocycles. The second kappa shape index (κ2) is 17.9. The number of carbonyl (C=O) groups excluding carboxylic acids is 4. The summed E-state index contributed by atoms with van der Waals surface area (Å²) in [5, 5.41) is 10.6. The summed E-state index contributed by atoms with van der Waals surface area (Å²) in [6.45, 7) is 5.36. The van der Waals surface area contributed by atoms with Crippen molar-refractivity contribution in [2.45, 2.75) is 24.4 Å². The molecule has 0 spiro atoms. The van der Waals surface area contributed by atoms with Gasteiger partial charge in [-0.2, -0.15) is 0 Å². The number of nitrogens with one attached hydrogen (secondary N) is 1. The molecule has 4 fully saturated rings. The average molecular weight is 641 g/mol. The third-order valence-electron chi connectivity index (χ3n) is 8.06. The van der Waals surface area contributed by atoms with Crippen LogP contribution in [-0.2, 0) is 57.1 Å². The molecule has 15 heteroatoms. The lowest BCUT2D eigenvalue weighted by Gasteiger charge is -2.17. The van der Waals surface area contributed by atoms with Crippen LogP contribution in [0.15, 0.2) is 24.3 Å². The van der Waals surface area contributed by atoms with Gasteiger partial charge in [0.1, 0.15) is 0 Å². The second-order valence-corrected chi connectivity index (χ2v) is 10.8. The van der Waals surface area contributed by atoms with Crippen LogP contribution in [0.5, 0.6) is 0 Å². The molecule has 252 valence electrons. The smallest absolute Gasteiger partial charge is 0.236 e. The zero-order valence-electron chi connectivity index (χ0n) is 25.7. The number of amides is 4. The number of ether oxygens (including phenoxy) is 8. The van der Waals surface area contributed by atoms with Crippen molar-refractivity contribution < 1.29 is 62.2 Å². The Hall–Kier alpha value is -2.60. The zero-order chi connectivity index (χ0) is 32.2. The van der Waals surface area contributed by atoms with Crippen molar-refractivity contribution in [2.24, 2.45) is 23.7 Å². The highest BCUT2D eigenvalue weighted by molar-refractivity contribution is 6.07. The summed E-state index contributed by atoms with van der Waals surface area (Å²) in [5.74, 6) is -1.80. The van der Waals surface area contributed by atoms with E-state index in [0.29, 0.717) is 72.6 Å². The number of fused-ring (bicyclic) bond motifs is 10. The first-order valence-electron chi connectivity index (χ1n) is 15.2. The molecule has 2 N–H and O–H groups in total. The van der Waals surface area contributed by atoms with E-state index >= 15 is 0 Å². The Morgan fingerprint density at radius 3 is 1.40 bits per heavy atom. The van der Waals surface area contributed by atoms with E-state index < -0.39 is 0 Å². The van der Waals surface area contributed by atoms with Crippen LogP contribution in [0.1, 0.15) is 0 Å². The predicted octanol–water partition coefficient (Wildman–Crippen LogP) is -1.52. The van der Waals surface area contributed by atoms with E-state index in [1.165, 1.54) is 4.90 Å². The number of methoxy groups -OCH3 is 2. The Morgan fingerprint density at radius 1 is 0.600 bits per heavy atom. The van der Waals surface area contributed by atoms with E-state index in [4.69, 9.17) is 43.0 Å². The summed E-state index contributed by atoms with van der Waals surface area (Å²) < 4.78 is 41.3. The molecule has 8 unspecified atom stereocenters. The highest BCUT2D eigenvalue weighted by Gasteiger charge is 2.60. The maximum Gasteiger partial charge on any atom is 0.236 e. The van der Waals surface area contributed by atoms with Gasteiger partial charge in [-0.3, -0.25) is 29.4 Å². The molecule has 0 aromatic rings. The van der Waals surface area contributed by atoms with Crippen molar-refractivity contribution in [3.63, 3.8) is 0 Å². The number of hydrogen-bond donors (Lipinski definition) is 2. The van der Waals surface area contributed by atoms with Crippen LogP contribution in [0.2, 0.25) is 0 Å². The van der Waals surface area contributed by atoms with Crippen molar-refractivity contribution in [3.05, 3.63) is 24.3 Å². The summed E-state index contributed by atoms with van der Waals surface area (Å²) in [7, 11) is 3.25. The van der Waals surface area contributed by atoms with Gasteiger partial charge >= 0.3 is 0 Å². The normalized spacial score (nSPS) is 31.2. The van der Waals surface area contributed by atoms with Crippen LogP contribution >= 0.6 is 0 Å². The summed E-state index contributed by atoms with van der Waals surface area (Å²) in [6, 6.07) is 0. The van der Waals surface area contributed by atoms with Crippen LogP contribution < -0.4 is 5.32 Å². The van der Waals surface area contributed by atoms with Gasteiger partial charge in [0.2, 0.25) is 23.6 Å². The Bertz CT molecular complexity index is 1000. The highest BCUT2D eigenvalue weighted by atomic mass is 16.5. The SMILES string of the molecule is COCCOCCOCCN1C(=O)C2C3C=CC(O3)C2C1=O.COCCOCCOCCO.O=C1NC(=O)C2C3C=CC(O3)C12. The number of hydrogen-bond acceptors (Lipinski definition) is 13. The molecule has 0 saturated carbocycles. The maximum atomic E-state index is 12.3. The first-order valence-corrected chi connectivity index (χ1v) is 15.2. The number of likely N-dealkylation sites (tertiary alicyclic amines) is 1. The molecule has 8 atom stereocenters. The molecule has 4 saturated heterocycles. The van der Waals surface area contributed by atoms with E-state index in [1.54, 1.807) is 14.2 Å². The monoisotopic (exact) mass is 640 g/mol. The molecular formula is C30H44N2O13. The average Bonchev–Trinajstić information content (AvgIpc) is 3.89. The quantitative estimate of drug-likeness (QED) is 0.107. The fourth-order valence-corrected chi connectivity index (χ4v) is 5.96. The van der Waals surface area contributed by atoms with Gasteiger partial charge in [-0.25, -0.2) is 0 Å². The highest BCUT2D eigenvalue weighted by Crippen LogP contribution is 2.45. The minimum absolute atomic E-state index is 0.0675. The first kappa shape index (κ1) is 35.3. The number of aliphatic hydroxyl groups is 1. The molecule has 0 aromatic carbocycles. The number of carbonyl (C=O) groups is 4. The summed E-state index contributed by atoms with van der Waals surface area (Å²) in [6.07, 6.45) is 6.72. The summed E-state index contributed by atoms with van der Waals surface area (Å²) >= 11 is 0. The molecule has 6 aliphatic rings. The van der Waals surface area contributed by atoms with Crippen LogP contribution in [0.25, 0.3) is 0 Å². The third kappa shape index (κ3) is 8.81. The van der Waals surface area contributed by atoms with Gasteiger partial charge in [0.05, 0.1) is 127 Å². The lowest BCUT2D eigenvalue weighted by Crippen LogP contribution is -2.37. The molecule has 15 nitrogen and oxygen atoms in total. The minimum Gasteiger partial charge on any atom is -0.394 e. The maximum absolute atomic E-state index is 12.3. The van der Waals surface area contributed by atoms with E-state index in [2.05, 4.69) is 5.32 Å². The number of nitrogens with zero attached hydrogens (tertiary/aromatic N) is 1. The van der Waals surface area contributed by atoms with E-state index in [0.717, 1.165) is 0 Å². The summed E-state index contributed by atoms with van der Waals surface area (Å²) in [5.41, 5.74) is 0. The van der Waals surface area contributed by atoms with Gasteiger partial charge in [0.15, 0.2) is 0 Å². The number of rotatable bonds is 17. The lowest BCUT2D eigenvalue weighted by molar-refractivity contribution is -0.143. The Morgan fingerprint density at radius 2 is 0.978 bits per heavy atom.